The van der Waals surface area contributed by atoms with Crippen molar-refractivity contribution in [3.8, 4) is 0 Å². The van der Waals surface area contributed by atoms with Crippen molar-refractivity contribution in [3.05, 3.63) is 0 Å². The number of carbonyl (C=O) groups excluding carboxylic acids is 1. The lowest BCUT2D eigenvalue weighted by Crippen LogP contribution is -2.52. The maximum absolute atomic E-state index is 12.9. The summed E-state index contributed by atoms with van der Waals surface area (Å²) < 4.78 is 0. The van der Waals surface area contributed by atoms with Gasteiger partial charge in [-0.1, -0.05) is 53.9 Å². The molecule has 3 aliphatic carbocycles. The molecule has 0 aromatic carbocycles. The summed E-state index contributed by atoms with van der Waals surface area (Å²) in [7, 11) is 0. The highest BCUT2D eigenvalue weighted by atomic mass is 16.4. The van der Waals surface area contributed by atoms with Gasteiger partial charge in [0.25, 0.3) is 0 Å². The van der Waals surface area contributed by atoms with Crippen LogP contribution in [0.5, 0.6) is 0 Å². The topological polar surface area (TPSA) is 54.4 Å². The second-order valence-corrected chi connectivity index (χ2v) is 11.7. The number of Topliss-reactive ketones (excluding diaryl/α,β-unsaturated/α-hetero) is 1. The summed E-state index contributed by atoms with van der Waals surface area (Å²) in [4.78, 5) is 24.1. The minimum Gasteiger partial charge on any atom is -0.481 e. The monoisotopic (exact) mass is 404 g/mol. The molecule has 3 fully saturated rings. The summed E-state index contributed by atoms with van der Waals surface area (Å²) in [5.74, 6) is 3.74. The van der Waals surface area contributed by atoms with Crippen LogP contribution >= 0.6 is 0 Å². The van der Waals surface area contributed by atoms with Gasteiger partial charge in [0.2, 0.25) is 0 Å². The highest BCUT2D eigenvalue weighted by Crippen LogP contribution is 2.65. The van der Waals surface area contributed by atoms with Crippen LogP contribution in [-0.4, -0.2) is 16.9 Å². The van der Waals surface area contributed by atoms with Gasteiger partial charge in [-0.25, -0.2) is 0 Å². The second-order valence-electron chi connectivity index (χ2n) is 11.7. The number of fused-ring (bicyclic) bond motifs is 3. The zero-order chi connectivity index (χ0) is 21.4. The molecule has 3 aliphatic rings. The quantitative estimate of drug-likeness (QED) is 0.487. The Labute approximate surface area is 178 Å². The normalized spacial score (nSPS) is 40.6. The molecule has 0 aliphatic heterocycles. The van der Waals surface area contributed by atoms with Crippen LogP contribution < -0.4 is 0 Å². The number of ketones is 1. The molecule has 0 amide bonds. The van der Waals surface area contributed by atoms with Crippen LogP contribution in [0.15, 0.2) is 0 Å². The summed E-state index contributed by atoms with van der Waals surface area (Å²) in [6, 6.07) is 0. The Kier molecular flexibility index (Phi) is 6.85. The molecule has 3 nitrogen and oxygen atoms in total. The van der Waals surface area contributed by atoms with Crippen molar-refractivity contribution < 1.29 is 14.7 Å². The fourth-order valence-corrected chi connectivity index (χ4v) is 7.99. The standard InChI is InChI=1S/C26H44O3/c1-17(2)7-6-8-18(3)20-10-11-21-19-9-12-23(27)26(5,16-14-24(28)29)22(19)13-15-25(20,21)4/h17-22H,6-16H2,1-5H3,(H,28,29)/t18-,19+,20+,21-,22-,25-,26-/m1/s1. The fraction of sp³-hybridized carbons (Fsp3) is 0.923. The molecular formula is C26H44O3. The molecule has 0 aromatic rings. The Morgan fingerprint density at radius 3 is 2.45 bits per heavy atom. The van der Waals surface area contributed by atoms with Gasteiger partial charge in [-0.05, 0) is 79.4 Å². The van der Waals surface area contributed by atoms with Crippen LogP contribution in [0.25, 0.3) is 0 Å². The van der Waals surface area contributed by atoms with E-state index in [1.807, 2.05) is 0 Å². The Morgan fingerprint density at radius 2 is 1.79 bits per heavy atom. The van der Waals surface area contributed by atoms with Crippen LogP contribution in [0.1, 0.15) is 105 Å². The number of carbonyl (C=O) groups is 2. The summed E-state index contributed by atoms with van der Waals surface area (Å²) >= 11 is 0. The van der Waals surface area contributed by atoms with Gasteiger partial charge >= 0.3 is 5.97 Å². The smallest absolute Gasteiger partial charge is 0.303 e. The van der Waals surface area contributed by atoms with Crippen LogP contribution in [-0.2, 0) is 9.59 Å². The van der Waals surface area contributed by atoms with Crippen molar-refractivity contribution in [2.75, 3.05) is 0 Å². The first kappa shape index (κ1) is 22.8. The molecule has 29 heavy (non-hydrogen) atoms. The lowest BCUT2D eigenvalue weighted by molar-refractivity contribution is -0.148. The summed E-state index contributed by atoms with van der Waals surface area (Å²) in [6.45, 7) is 11.8. The van der Waals surface area contributed by atoms with E-state index in [0.29, 0.717) is 35.9 Å². The Hall–Kier alpha value is -0.860. The number of hydrogen-bond donors (Lipinski definition) is 1. The predicted molar refractivity (Wildman–Crippen MR) is 118 cm³/mol. The average Bonchev–Trinajstić information content (AvgIpc) is 3.00. The molecule has 3 saturated carbocycles. The van der Waals surface area contributed by atoms with Gasteiger partial charge in [-0.3, -0.25) is 9.59 Å². The van der Waals surface area contributed by atoms with Crippen LogP contribution in [0, 0.1) is 46.3 Å². The van der Waals surface area contributed by atoms with E-state index in [1.165, 1.54) is 38.5 Å². The molecule has 3 heteroatoms. The number of carboxylic acids is 1. The third-order valence-electron chi connectivity index (χ3n) is 9.66. The third-order valence-corrected chi connectivity index (χ3v) is 9.66. The highest BCUT2D eigenvalue weighted by molar-refractivity contribution is 5.86. The minimum atomic E-state index is -0.766. The van der Waals surface area contributed by atoms with E-state index in [9.17, 15) is 14.7 Å². The SMILES string of the molecule is CC(C)CCC[C@@H](C)[C@@H]1CC[C@@H]2[C@@H]3CCC(=O)[C@](C)(CCC(=O)O)[C@@H]3CC[C@@]21C. The van der Waals surface area contributed by atoms with Gasteiger partial charge in [-0.15, -0.1) is 0 Å². The van der Waals surface area contributed by atoms with Crippen molar-refractivity contribution >= 4 is 11.8 Å². The van der Waals surface area contributed by atoms with Gasteiger partial charge in [0.05, 0.1) is 0 Å². The highest BCUT2D eigenvalue weighted by Gasteiger charge is 2.59. The summed E-state index contributed by atoms with van der Waals surface area (Å²) in [6.07, 6.45) is 11.4. The van der Waals surface area contributed by atoms with E-state index >= 15 is 0 Å². The maximum Gasteiger partial charge on any atom is 0.303 e. The first-order valence-corrected chi connectivity index (χ1v) is 12.3. The van der Waals surface area contributed by atoms with Gasteiger partial charge in [0.15, 0.2) is 0 Å². The first-order valence-electron chi connectivity index (χ1n) is 12.3. The molecule has 0 heterocycles. The van der Waals surface area contributed by atoms with E-state index in [4.69, 9.17) is 0 Å². The molecule has 0 spiro atoms. The zero-order valence-corrected chi connectivity index (χ0v) is 19.5. The maximum atomic E-state index is 12.9. The first-order chi connectivity index (χ1) is 13.6. The summed E-state index contributed by atoms with van der Waals surface area (Å²) in [5, 5.41) is 9.22. The molecule has 0 bridgehead atoms. The van der Waals surface area contributed by atoms with Crippen molar-refractivity contribution in [3.63, 3.8) is 0 Å². The van der Waals surface area contributed by atoms with Crippen molar-refractivity contribution in [2.24, 2.45) is 46.3 Å². The number of aliphatic carboxylic acids is 1. The molecule has 0 aromatic heterocycles. The lowest BCUT2D eigenvalue weighted by atomic mass is 9.48. The van der Waals surface area contributed by atoms with Gasteiger partial charge < -0.3 is 5.11 Å². The van der Waals surface area contributed by atoms with Crippen LogP contribution in [0.3, 0.4) is 0 Å². The largest absolute Gasteiger partial charge is 0.481 e. The van der Waals surface area contributed by atoms with Crippen LogP contribution in [0.4, 0.5) is 0 Å². The Bertz CT molecular complexity index is 611. The fourth-order valence-electron chi connectivity index (χ4n) is 7.99. The Balaban J connectivity index is 1.73. The molecule has 166 valence electrons. The molecular weight excluding hydrogens is 360 g/mol. The molecule has 1 N–H and O–H groups in total. The van der Waals surface area contributed by atoms with E-state index in [0.717, 1.165) is 36.5 Å². The number of carboxylic acid groups (broad SMARTS) is 1. The van der Waals surface area contributed by atoms with Crippen molar-refractivity contribution in [1.29, 1.82) is 0 Å². The molecule has 0 saturated heterocycles. The molecule has 3 rings (SSSR count). The van der Waals surface area contributed by atoms with Crippen molar-refractivity contribution in [2.45, 2.75) is 105 Å². The van der Waals surface area contributed by atoms with Gasteiger partial charge in [-0.2, -0.15) is 0 Å². The predicted octanol–water partition coefficient (Wildman–Crippen LogP) is 6.74. The van der Waals surface area contributed by atoms with E-state index in [-0.39, 0.29) is 6.42 Å². The molecule has 0 unspecified atom stereocenters. The van der Waals surface area contributed by atoms with Gasteiger partial charge in [0, 0.05) is 18.3 Å². The third kappa shape index (κ3) is 4.30. The van der Waals surface area contributed by atoms with Gasteiger partial charge in [0.1, 0.15) is 5.78 Å². The minimum absolute atomic E-state index is 0.128. The van der Waals surface area contributed by atoms with Crippen molar-refractivity contribution in [1.82, 2.24) is 0 Å². The Morgan fingerprint density at radius 1 is 1.07 bits per heavy atom. The van der Waals surface area contributed by atoms with E-state index in [1.54, 1.807) is 0 Å². The number of hydrogen-bond acceptors (Lipinski definition) is 2. The zero-order valence-electron chi connectivity index (χ0n) is 19.5. The van der Waals surface area contributed by atoms with Crippen LogP contribution in [0.2, 0.25) is 0 Å². The average molecular weight is 405 g/mol. The van der Waals surface area contributed by atoms with E-state index < -0.39 is 11.4 Å². The van der Waals surface area contributed by atoms with E-state index in [2.05, 4.69) is 34.6 Å². The lowest BCUT2D eigenvalue weighted by Gasteiger charge is -2.56. The second kappa shape index (κ2) is 8.71. The molecule has 0 radical (unpaired) electrons. The summed E-state index contributed by atoms with van der Waals surface area (Å²) in [5.41, 5.74) is 0.0100. The number of rotatable bonds is 8. The molecule has 7 atom stereocenters.